The van der Waals surface area contributed by atoms with E-state index in [1.165, 1.54) is 6.42 Å². The van der Waals surface area contributed by atoms with E-state index in [1.807, 2.05) is 0 Å². The van der Waals surface area contributed by atoms with E-state index in [9.17, 15) is 8.42 Å². The van der Waals surface area contributed by atoms with Gasteiger partial charge in [0, 0.05) is 18.8 Å². The smallest absolute Gasteiger partial charge is 0.238 e. The fraction of sp³-hybridized carbons (Fsp3) is 0.500. The molecule has 0 radical (unpaired) electrons. The first-order valence-corrected chi connectivity index (χ1v) is 7.63. The Morgan fingerprint density at radius 2 is 1.94 bits per heavy atom. The van der Waals surface area contributed by atoms with Gasteiger partial charge in [0.05, 0.1) is 4.90 Å². The average Bonchev–Trinajstić information content (AvgIpc) is 2.38. The number of hydrogen-bond donors (Lipinski definition) is 2. The summed E-state index contributed by atoms with van der Waals surface area (Å²) in [6.07, 6.45) is 2.29. The van der Waals surface area contributed by atoms with E-state index in [-0.39, 0.29) is 4.90 Å². The van der Waals surface area contributed by atoms with Crippen LogP contribution in [0.25, 0.3) is 0 Å². The number of nitrogens with zero attached hydrogens (tertiary/aromatic N) is 1. The number of hydrogen-bond acceptors (Lipinski definition) is 4. The third kappa shape index (κ3) is 3.01. The number of piperidine rings is 1. The Kier molecular flexibility index (Phi) is 3.89. The summed E-state index contributed by atoms with van der Waals surface area (Å²) in [7, 11) is -3.60. The fourth-order valence-electron chi connectivity index (χ4n) is 2.34. The summed E-state index contributed by atoms with van der Waals surface area (Å²) in [6, 6.07) is 6.71. The van der Waals surface area contributed by atoms with Crippen molar-refractivity contribution >= 4 is 15.7 Å². The lowest BCUT2D eigenvalue weighted by atomic mass is 9.98. The minimum Gasteiger partial charge on any atom is -0.371 e. The van der Waals surface area contributed by atoms with Crippen LogP contribution in [0.2, 0.25) is 0 Å². The van der Waals surface area contributed by atoms with Crippen LogP contribution in [0, 0.1) is 5.92 Å². The molecule has 1 atom stereocenters. The molecule has 100 valence electrons. The molecule has 0 aliphatic carbocycles. The summed E-state index contributed by atoms with van der Waals surface area (Å²) >= 11 is 0. The standard InChI is InChI=1S/C12H19N3O2S/c13-8-10-2-1-7-15(9-10)11-3-5-12(6-4-11)18(14,16)17/h3-6,10H,1-2,7-9,13H2,(H2,14,16,17). The van der Waals surface area contributed by atoms with Crippen LogP contribution >= 0.6 is 0 Å². The number of primary sulfonamides is 1. The Hall–Kier alpha value is -1.11. The summed E-state index contributed by atoms with van der Waals surface area (Å²) in [6.45, 7) is 2.63. The molecule has 6 heteroatoms. The third-order valence-electron chi connectivity index (χ3n) is 3.38. The van der Waals surface area contributed by atoms with Gasteiger partial charge in [-0.15, -0.1) is 0 Å². The lowest BCUT2D eigenvalue weighted by Crippen LogP contribution is -2.38. The molecule has 1 aromatic carbocycles. The zero-order chi connectivity index (χ0) is 13.2. The second-order valence-corrected chi connectivity index (χ2v) is 6.29. The van der Waals surface area contributed by atoms with Crippen molar-refractivity contribution in [3.63, 3.8) is 0 Å². The van der Waals surface area contributed by atoms with Gasteiger partial charge in [-0.05, 0) is 49.6 Å². The Bertz CT molecular complexity index is 499. The van der Waals surface area contributed by atoms with Crippen molar-refractivity contribution in [2.24, 2.45) is 16.8 Å². The van der Waals surface area contributed by atoms with Gasteiger partial charge in [0.2, 0.25) is 10.0 Å². The lowest BCUT2D eigenvalue weighted by molar-refractivity contribution is 0.423. The molecule has 1 aliphatic heterocycles. The number of sulfonamides is 1. The highest BCUT2D eigenvalue weighted by molar-refractivity contribution is 7.89. The highest BCUT2D eigenvalue weighted by Crippen LogP contribution is 2.23. The van der Waals surface area contributed by atoms with Crippen LogP contribution in [0.5, 0.6) is 0 Å². The molecular weight excluding hydrogens is 250 g/mol. The average molecular weight is 269 g/mol. The Labute approximate surface area is 108 Å². The van der Waals surface area contributed by atoms with Gasteiger partial charge in [-0.1, -0.05) is 0 Å². The summed E-state index contributed by atoms with van der Waals surface area (Å²) in [5.41, 5.74) is 6.73. The van der Waals surface area contributed by atoms with Gasteiger partial charge in [0.15, 0.2) is 0 Å². The largest absolute Gasteiger partial charge is 0.371 e. The maximum absolute atomic E-state index is 11.2. The van der Waals surface area contributed by atoms with Crippen molar-refractivity contribution in [2.45, 2.75) is 17.7 Å². The topological polar surface area (TPSA) is 89.4 Å². The van der Waals surface area contributed by atoms with Crippen LogP contribution in [-0.4, -0.2) is 28.1 Å². The molecule has 0 bridgehead atoms. The van der Waals surface area contributed by atoms with Gasteiger partial charge in [-0.3, -0.25) is 0 Å². The van der Waals surface area contributed by atoms with Gasteiger partial charge in [0.1, 0.15) is 0 Å². The molecule has 1 saturated heterocycles. The SMILES string of the molecule is NCC1CCCN(c2ccc(S(N)(=O)=O)cc2)C1. The molecule has 0 aromatic heterocycles. The van der Waals surface area contributed by atoms with Crippen LogP contribution in [0.15, 0.2) is 29.2 Å². The second-order valence-electron chi connectivity index (χ2n) is 4.73. The molecule has 0 spiro atoms. The highest BCUT2D eigenvalue weighted by atomic mass is 32.2. The molecule has 4 N–H and O–H groups in total. The minimum absolute atomic E-state index is 0.152. The predicted molar refractivity (Wildman–Crippen MR) is 71.8 cm³/mol. The van der Waals surface area contributed by atoms with Crippen LogP contribution in [-0.2, 0) is 10.0 Å². The van der Waals surface area contributed by atoms with Gasteiger partial charge in [-0.25, -0.2) is 13.6 Å². The zero-order valence-corrected chi connectivity index (χ0v) is 11.1. The van der Waals surface area contributed by atoms with Crippen LogP contribution in [0.3, 0.4) is 0 Å². The lowest BCUT2D eigenvalue weighted by Gasteiger charge is -2.34. The van der Waals surface area contributed by atoms with Crippen molar-refractivity contribution in [3.05, 3.63) is 24.3 Å². The number of rotatable bonds is 3. The molecule has 0 saturated carbocycles. The van der Waals surface area contributed by atoms with Gasteiger partial charge in [0.25, 0.3) is 0 Å². The first-order valence-electron chi connectivity index (χ1n) is 6.08. The van der Waals surface area contributed by atoms with E-state index in [1.54, 1.807) is 24.3 Å². The van der Waals surface area contributed by atoms with Crippen LogP contribution < -0.4 is 15.8 Å². The van der Waals surface area contributed by atoms with Crippen molar-refractivity contribution in [1.29, 1.82) is 0 Å². The summed E-state index contributed by atoms with van der Waals surface area (Å²) < 4.78 is 22.3. The third-order valence-corrected chi connectivity index (χ3v) is 4.31. The van der Waals surface area contributed by atoms with Gasteiger partial charge in [-0.2, -0.15) is 0 Å². The molecule has 1 unspecified atom stereocenters. The maximum Gasteiger partial charge on any atom is 0.238 e. The van der Waals surface area contributed by atoms with Crippen molar-refractivity contribution < 1.29 is 8.42 Å². The van der Waals surface area contributed by atoms with E-state index < -0.39 is 10.0 Å². The first kappa shape index (κ1) is 13.3. The number of anilines is 1. The van der Waals surface area contributed by atoms with E-state index in [4.69, 9.17) is 10.9 Å². The summed E-state index contributed by atoms with van der Waals surface area (Å²) in [5.74, 6) is 0.525. The summed E-state index contributed by atoms with van der Waals surface area (Å²) in [4.78, 5) is 2.40. The first-order chi connectivity index (χ1) is 8.50. The Balaban J connectivity index is 2.14. The molecule has 1 aliphatic rings. The van der Waals surface area contributed by atoms with Crippen molar-refractivity contribution in [3.8, 4) is 0 Å². The van der Waals surface area contributed by atoms with E-state index in [2.05, 4.69) is 4.90 Å². The Morgan fingerprint density at radius 3 is 2.50 bits per heavy atom. The summed E-state index contributed by atoms with van der Waals surface area (Å²) in [5, 5.41) is 5.07. The molecule has 5 nitrogen and oxygen atoms in total. The minimum atomic E-state index is -3.60. The molecular formula is C12H19N3O2S. The van der Waals surface area contributed by atoms with Crippen LogP contribution in [0.4, 0.5) is 5.69 Å². The Morgan fingerprint density at radius 1 is 1.28 bits per heavy atom. The highest BCUT2D eigenvalue weighted by Gasteiger charge is 2.19. The fourth-order valence-corrected chi connectivity index (χ4v) is 2.85. The van der Waals surface area contributed by atoms with E-state index in [0.717, 1.165) is 25.2 Å². The molecule has 2 rings (SSSR count). The molecule has 1 heterocycles. The van der Waals surface area contributed by atoms with Crippen molar-refractivity contribution in [2.75, 3.05) is 24.5 Å². The monoisotopic (exact) mass is 269 g/mol. The van der Waals surface area contributed by atoms with Crippen LogP contribution in [0.1, 0.15) is 12.8 Å². The van der Waals surface area contributed by atoms with Gasteiger partial charge < -0.3 is 10.6 Å². The molecule has 1 fully saturated rings. The van der Waals surface area contributed by atoms with E-state index >= 15 is 0 Å². The quantitative estimate of drug-likeness (QED) is 0.836. The van der Waals surface area contributed by atoms with Gasteiger partial charge >= 0.3 is 0 Å². The van der Waals surface area contributed by atoms with Crippen molar-refractivity contribution in [1.82, 2.24) is 0 Å². The number of nitrogens with two attached hydrogens (primary N) is 2. The molecule has 1 aromatic rings. The molecule has 0 amide bonds. The molecule has 18 heavy (non-hydrogen) atoms. The predicted octanol–water partition coefficient (Wildman–Crippen LogP) is 0.509. The second kappa shape index (κ2) is 5.26. The number of benzene rings is 1. The maximum atomic E-state index is 11.2. The normalized spacial score (nSPS) is 21.0. The van der Waals surface area contributed by atoms with E-state index in [0.29, 0.717) is 12.5 Å². The zero-order valence-electron chi connectivity index (χ0n) is 10.2.